The molecule has 2 nitrogen and oxygen atoms in total. The van der Waals surface area contributed by atoms with Crippen molar-refractivity contribution in [3.05, 3.63) is 21.8 Å². The molecule has 1 aromatic rings. The summed E-state index contributed by atoms with van der Waals surface area (Å²) in [5.41, 5.74) is -0.0139. The molecule has 0 aliphatic heterocycles. The number of nitrogens with one attached hydrogen (secondary N) is 1. The van der Waals surface area contributed by atoms with E-state index in [9.17, 15) is 4.79 Å². The summed E-state index contributed by atoms with van der Waals surface area (Å²) in [5, 5.41) is 1.71. The van der Waals surface area contributed by atoms with Gasteiger partial charge in [0.25, 0.3) is 5.56 Å². The summed E-state index contributed by atoms with van der Waals surface area (Å²) in [4.78, 5) is 10.0. The van der Waals surface area contributed by atoms with Gasteiger partial charge in [0.1, 0.15) is 0 Å². The minimum atomic E-state index is -0.0139. The van der Waals surface area contributed by atoms with Crippen molar-refractivity contribution in [1.82, 2.24) is 4.37 Å². The molecule has 0 unspecified atom stereocenters. The van der Waals surface area contributed by atoms with Crippen molar-refractivity contribution < 1.29 is 24.8 Å². The number of H-pyrrole nitrogens is 1. The van der Waals surface area contributed by atoms with E-state index in [0.29, 0.717) is 0 Å². The number of aromatic amines is 1. The van der Waals surface area contributed by atoms with Crippen LogP contribution in [0.4, 0.5) is 0 Å². The summed E-state index contributed by atoms with van der Waals surface area (Å²) in [6.45, 7) is 0. The Balaban J connectivity index is -0.000000120. The smallest absolute Gasteiger partial charge is 1.00 e. The molecule has 0 bridgehead atoms. The molecule has 48 valence electrons. The largest absolute Gasteiger partial charge is 2.00 e. The molecule has 0 atom stereocenters. The molecule has 0 saturated heterocycles. The summed E-state index contributed by atoms with van der Waals surface area (Å²) in [6.07, 6.45) is 0. The Morgan fingerprint density at radius 1 is 1.44 bits per heavy atom. The van der Waals surface area contributed by atoms with Crippen LogP contribution < -0.4 is 30.4 Å². The zero-order valence-electron chi connectivity index (χ0n) is 4.43. The van der Waals surface area contributed by atoms with Crippen molar-refractivity contribution in [2.45, 2.75) is 0 Å². The quantitative estimate of drug-likeness (QED) is 0.427. The second kappa shape index (κ2) is 9.27. The first-order chi connectivity index (χ1) is 2.89. The van der Waals surface area contributed by atoms with Crippen LogP contribution in [0.3, 0.4) is 0 Å². The van der Waals surface area contributed by atoms with E-state index < -0.39 is 0 Å². The molecule has 0 amide bonds. The van der Waals surface area contributed by atoms with E-state index in [1.165, 1.54) is 17.6 Å². The van der Waals surface area contributed by atoms with E-state index in [4.69, 9.17) is 0 Å². The average molecular weight is 212 g/mol. The maximum Gasteiger partial charge on any atom is 2.00 e. The van der Waals surface area contributed by atoms with Gasteiger partial charge in [0, 0.05) is 11.4 Å². The van der Waals surface area contributed by atoms with Crippen LogP contribution in [0.2, 0.25) is 0 Å². The maximum atomic E-state index is 10.0. The topological polar surface area (TPSA) is 32.9 Å². The Morgan fingerprint density at radius 2 is 2.00 bits per heavy atom. The molecule has 1 rings (SSSR count). The van der Waals surface area contributed by atoms with Crippen LogP contribution in [0.15, 0.2) is 16.2 Å². The number of hydrogen-bond donors (Lipinski definition) is 1. The van der Waals surface area contributed by atoms with Gasteiger partial charge in [0.05, 0.1) is 0 Å². The Labute approximate surface area is 99.0 Å². The third-order valence-corrected chi connectivity index (χ3v) is 1.04. The van der Waals surface area contributed by atoms with E-state index in [1.54, 1.807) is 5.38 Å². The van der Waals surface area contributed by atoms with E-state index in [0.717, 1.165) is 0 Å². The van der Waals surface area contributed by atoms with Crippen LogP contribution >= 0.6 is 11.5 Å². The third kappa shape index (κ3) is 7.16. The third-order valence-electron chi connectivity index (χ3n) is 0.447. The molecule has 0 aliphatic rings. The summed E-state index contributed by atoms with van der Waals surface area (Å²) in [6, 6.07) is 1.49. The number of aromatic nitrogens is 1. The predicted molar refractivity (Wildman–Crippen MR) is 30.7 cm³/mol. The van der Waals surface area contributed by atoms with Crippen molar-refractivity contribution in [1.29, 1.82) is 0 Å². The molecule has 1 heterocycles. The fourth-order valence-corrected chi connectivity index (χ4v) is 0.666. The van der Waals surface area contributed by atoms with Crippen LogP contribution in [-0.4, -0.2) is 42.1 Å². The van der Waals surface area contributed by atoms with Crippen LogP contribution in [0.1, 0.15) is 0 Å². The Bertz CT molecular complexity index is 160. The second-order valence-electron chi connectivity index (χ2n) is 0.887. The normalized spacial score (nSPS) is 5.78. The zero-order valence-corrected chi connectivity index (χ0v) is 8.97. The van der Waals surface area contributed by atoms with Crippen LogP contribution in [-0.2, 0) is 0 Å². The molecule has 0 aliphatic carbocycles. The average Bonchev–Trinajstić information content (AvgIpc) is 1.86. The van der Waals surface area contributed by atoms with Gasteiger partial charge in [-0.3, -0.25) is 9.17 Å². The van der Waals surface area contributed by atoms with Gasteiger partial charge in [-0.05, 0) is 0 Å². The summed E-state index contributed by atoms with van der Waals surface area (Å²) < 4.78 is 2.49. The van der Waals surface area contributed by atoms with Crippen LogP contribution in [0.25, 0.3) is 0 Å². The second-order valence-corrected chi connectivity index (χ2v) is 1.60. The molecule has 0 saturated carbocycles. The first-order valence-electron chi connectivity index (χ1n) is 1.52. The van der Waals surface area contributed by atoms with Gasteiger partial charge in [0.15, 0.2) is 0 Å². The molecular formula is C3H3CaCl2NOS. The van der Waals surface area contributed by atoms with Crippen LogP contribution in [0, 0.1) is 0 Å². The first kappa shape index (κ1) is 16.7. The van der Waals surface area contributed by atoms with Crippen molar-refractivity contribution >= 4 is 49.3 Å². The molecule has 9 heavy (non-hydrogen) atoms. The standard InChI is InChI=1S/C3H3NOS.Ca.2ClH/c5-3-1-2-6-4-3;;;/h1-2H,(H,4,5);;2*1H/q;+2;;/p-2. The fraction of sp³-hybridized carbons (Fsp3) is 0. The molecule has 0 fully saturated rings. The van der Waals surface area contributed by atoms with Gasteiger partial charge in [-0.1, -0.05) is 11.5 Å². The predicted octanol–water partition coefficient (Wildman–Crippen LogP) is -5.94. The molecule has 1 aromatic heterocycles. The van der Waals surface area contributed by atoms with Gasteiger partial charge >= 0.3 is 37.7 Å². The fourth-order valence-electron chi connectivity index (χ4n) is 0.222. The van der Waals surface area contributed by atoms with Gasteiger partial charge in [-0.2, -0.15) is 0 Å². The molecule has 0 radical (unpaired) electrons. The minimum Gasteiger partial charge on any atom is -1.00 e. The van der Waals surface area contributed by atoms with Crippen molar-refractivity contribution in [3.63, 3.8) is 0 Å². The summed E-state index contributed by atoms with van der Waals surface area (Å²) >= 11 is 1.30. The monoisotopic (exact) mass is 211 g/mol. The molecule has 6 heteroatoms. The van der Waals surface area contributed by atoms with Crippen LogP contribution in [0.5, 0.6) is 0 Å². The van der Waals surface area contributed by atoms with Gasteiger partial charge in [0.2, 0.25) is 0 Å². The van der Waals surface area contributed by atoms with Crippen molar-refractivity contribution in [3.8, 4) is 0 Å². The van der Waals surface area contributed by atoms with Gasteiger partial charge in [-0.15, -0.1) is 0 Å². The number of hydrogen-bond acceptors (Lipinski definition) is 2. The molecule has 0 spiro atoms. The van der Waals surface area contributed by atoms with E-state index >= 15 is 0 Å². The first-order valence-corrected chi connectivity index (χ1v) is 2.40. The minimum absolute atomic E-state index is 0. The maximum absolute atomic E-state index is 10.0. The van der Waals surface area contributed by atoms with Crippen molar-refractivity contribution in [2.75, 3.05) is 0 Å². The SMILES string of the molecule is O=c1ccs[nH]1.[Ca+2].[Cl-].[Cl-]. The Morgan fingerprint density at radius 3 is 2.11 bits per heavy atom. The van der Waals surface area contributed by atoms with Gasteiger partial charge < -0.3 is 24.8 Å². The Kier molecular flexibility index (Phi) is 17.2. The molecule has 1 N–H and O–H groups in total. The van der Waals surface area contributed by atoms with E-state index in [-0.39, 0.29) is 68.1 Å². The Hall–Kier alpha value is 1.27. The van der Waals surface area contributed by atoms with E-state index in [1.807, 2.05) is 0 Å². The zero-order chi connectivity index (χ0) is 4.41. The number of rotatable bonds is 0. The molecular weight excluding hydrogens is 209 g/mol. The van der Waals surface area contributed by atoms with Gasteiger partial charge in [-0.25, -0.2) is 0 Å². The molecule has 0 aromatic carbocycles. The summed E-state index contributed by atoms with van der Waals surface area (Å²) in [7, 11) is 0. The van der Waals surface area contributed by atoms with Crippen molar-refractivity contribution in [2.24, 2.45) is 0 Å². The number of halogens is 2. The van der Waals surface area contributed by atoms with E-state index in [2.05, 4.69) is 4.37 Å². The summed E-state index contributed by atoms with van der Waals surface area (Å²) in [5.74, 6) is 0.